The number of likely N-dealkylation sites (N-methyl/N-ethyl adjacent to an activating group) is 1. The standard InChI is InChI=1S/C44H56N10O7/c1-27(2)38(50-44(59)61-5)42(57)54-19-7-9-36(54)40-46-26-34(48-40)31-16-12-29(13-17-31)28-10-14-30(15-11-28)33-25-45-39(47-33)35-8-6-18-53(35)41(56)32(49-43(58)60-4)24-37(55)52-22-20-51(3)21-23-52/h10-17,25-27,32,35-36,38H,6-9,18-24H2,1-5H3,(H,45,47)(H,46,48)(H,49,58)(H,50,59)/t32-,35-,36-,38?/m0/s1. The number of nitrogens with one attached hydrogen (secondary N) is 4. The Bertz CT molecular complexity index is 2180. The predicted octanol–water partition coefficient (Wildman–Crippen LogP) is 4.73. The average Bonchev–Trinajstić information content (AvgIpc) is 4.12. The summed E-state index contributed by atoms with van der Waals surface area (Å²) < 4.78 is 9.57. The van der Waals surface area contributed by atoms with Crippen molar-refractivity contribution in [2.45, 2.75) is 70.1 Å². The first-order chi connectivity index (χ1) is 29.4. The summed E-state index contributed by atoms with van der Waals surface area (Å²) >= 11 is 0. The molecule has 4 atom stereocenters. The van der Waals surface area contributed by atoms with Gasteiger partial charge in [-0.25, -0.2) is 19.6 Å². The van der Waals surface area contributed by atoms with Gasteiger partial charge in [-0.3, -0.25) is 14.4 Å². The molecule has 4 N–H and O–H groups in total. The van der Waals surface area contributed by atoms with E-state index in [1.165, 1.54) is 14.2 Å². The number of hydrogen-bond donors (Lipinski definition) is 4. The van der Waals surface area contributed by atoms with Crippen LogP contribution in [0.1, 0.15) is 69.7 Å². The second-order valence-corrected chi connectivity index (χ2v) is 16.3. The van der Waals surface area contributed by atoms with Crippen molar-refractivity contribution in [3.05, 3.63) is 72.6 Å². The molecule has 2 aromatic heterocycles. The van der Waals surface area contributed by atoms with Crippen molar-refractivity contribution in [3.8, 4) is 33.6 Å². The number of methoxy groups -OCH3 is 2. The van der Waals surface area contributed by atoms with Crippen LogP contribution >= 0.6 is 0 Å². The molecule has 3 aliphatic heterocycles. The number of imidazole rings is 2. The van der Waals surface area contributed by atoms with Gasteiger partial charge in [-0.2, -0.15) is 0 Å². The van der Waals surface area contributed by atoms with Crippen LogP contribution in [0.25, 0.3) is 33.6 Å². The van der Waals surface area contributed by atoms with Gasteiger partial charge in [0.1, 0.15) is 23.7 Å². The van der Waals surface area contributed by atoms with Gasteiger partial charge in [-0.05, 0) is 60.9 Å². The Morgan fingerprint density at radius 1 is 0.672 bits per heavy atom. The van der Waals surface area contributed by atoms with Gasteiger partial charge in [0.05, 0.1) is 56.5 Å². The fraction of sp³-hybridized carbons (Fsp3) is 0.477. The fourth-order valence-electron chi connectivity index (χ4n) is 8.46. The van der Waals surface area contributed by atoms with Crippen LogP contribution in [0, 0.1) is 5.92 Å². The molecular weight excluding hydrogens is 781 g/mol. The molecule has 3 saturated heterocycles. The zero-order valence-electron chi connectivity index (χ0n) is 35.5. The number of piperazine rings is 1. The molecule has 3 fully saturated rings. The smallest absolute Gasteiger partial charge is 0.407 e. The molecule has 324 valence electrons. The van der Waals surface area contributed by atoms with E-state index in [9.17, 15) is 24.0 Å². The molecule has 0 spiro atoms. The Labute approximate surface area is 355 Å². The Balaban J connectivity index is 0.988. The van der Waals surface area contributed by atoms with Crippen LogP contribution in [0.2, 0.25) is 0 Å². The molecule has 7 rings (SSSR count). The van der Waals surface area contributed by atoms with Crippen LogP contribution < -0.4 is 10.6 Å². The van der Waals surface area contributed by atoms with Gasteiger partial charge in [-0.15, -0.1) is 0 Å². The van der Waals surface area contributed by atoms with E-state index in [0.717, 1.165) is 66.0 Å². The molecular formula is C44H56N10O7. The summed E-state index contributed by atoms with van der Waals surface area (Å²) in [4.78, 5) is 88.6. The van der Waals surface area contributed by atoms with Crippen LogP contribution in [-0.2, 0) is 23.9 Å². The Morgan fingerprint density at radius 2 is 1.13 bits per heavy atom. The number of benzene rings is 2. The first kappa shape index (κ1) is 42.9. The number of amides is 5. The van der Waals surface area contributed by atoms with Crippen LogP contribution in [-0.4, -0.2) is 142 Å². The van der Waals surface area contributed by atoms with Crippen molar-refractivity contribution < 1.29 is 33.4 Å². The minimum absolute atomic E-state index is 0.115. The van der Waals surface area contributed by atoms with Crippen molar-refractivity contribution in [2.75, 3.05) is 60.5 Å². The molecule has 5 heterocycles. The summed E-state index contributed by atoms with van der Waals surface area (Å²) in [6.45, 7) is 7.50. The van der Waals surface area contributed by atoms with Gasteiger partial charge in [-0.1, -0.05) is 62.4 Å². The Morgan fingerprint density at radius 3 is 1.61 bits per heavy atom. The summed E-state index contributed by atoms with van der Waals surface area (Å²) in [6.07, 6.45) is 5.08. The van der Waals surface area contributed by atoms with Gasteiger partial charge in [0, 0.05) is 39.3 Å². The van der Waals surface area contributed by atoms with E-state index in [2.05, 4.69) is 59.7 Å². The van der Waals surface area contributed by atoms with E-state index in [-0.39, 0.29) is 42.1 Å². The van der Waals surface area contributed by atoms with E-state index in [1.807, 2.05) is 45.2 Å². The number of H-pyrrole nitrogens is 2. The van der Waals surface area contributed by atoms with Crippen molar-refractivity contribution in [1.82, 2.24) is 50.2 Å². The zero-order chi connectivity index (χ0) is 43.2. The maximum atomic E-state index is 14.0. The number of rotatable bonds is 12. The summed E-state index contributed by atoms with van der Waals surface area (Å²) in [5, 5.41) is 5.30. The van der Waals surface area contributed by atoms with Crippen LogP contribution in [0.15, 0.2) is 60.9 Å². The first-order valence-electron chi connectivity index (χ1n) is 21.0. The molecule has 0 aliphatic carbocycles. The van der Waals surface area contributed by atoms with Crippen LogP contribution in [0.3, 0.4) is 0 Å². The molecule has 2 aromatic carbocycles. The number of carbonyl (C=O) groups is 5. The van der Waals surface area contributed by atoms with Crippen LogP contribution in [0.4, 0.5) is 9.59 Å². The van der Waals surface area contributed by atoms with Crippen LogP contribution in [0.5, 0.6) is 0 Å². The fourth-order valence-corrected chi connectivity index (χ4v) is 8.46. The minimum atomic E-state index is -1.06. The summed E-state index contributed by atoms with van der Waals surface area (Å²) in [7, 11) is 4.53. The molecule has 3 aliphatic rings. The van der Waals surface area contributed by atoms with E-state index < -0.39 is 24.3 Å². The molecule has 0 radical (unpaired) electrons. The third-order valence-electron chi connectivity index (χ3n) is 12.0. The monoisotopic (exact) mass is 836 g/mol. The highest BCUT2D eigenvalue weighted by Gasteiger charge is 2.39. The van der Waals surface area contributed by atoms with Gasteiger partial charge in [0.15, 0.2) is 0 Å². The van der Waals surface area contributed by atoms with E-state index in [1.54, 1.807) is 27.1 Å². The lowest BCUT2D eigenvalue weighted by atomic mass is 10.0. The first-order valence-corrected chi connectivity index (χ1v) is 21.0. The lowest BCUT2D eigenvalue weighted by Crippen LogP contribution is -2.53. The van der Waals surface area contributed by atoms with Crippen molar-refractivity contribution in [3.63, 3.8) is 0 Å². The molecule has 4 aromatic rings. The number of likely N-dealkylation sites (tertiary alicyclic amines) is 2. The van der Waals surface area contributed by atoms with Crippen molar-refractivity contribution in [1.29, 1.82) is 0 Å². The number of nitrogens with zero attached hydrogens (tertiary/aromatic N) is 6. The third kappa shape index (κ3) is 9.72. The van der Waals surface area contributed by atoms with Gasteiger partial charge >= 0.3 is 12.2 Å². The topological polar surface area (TPSA) is 198 Å². The number of aromatic nitrogens is 4. The predicted molar refractivity (Wildman–Crippen MR) is 227 cm³/mol. The lowest BCUT2D eigenvalue weighted by molar-refractivity contribution is -0.140. The number of hydrogen-bond acceptors (Lipinski definition) is 10. The quantitative estimate of drug-likeness (QED) is 0.155. The summed E-state index contributed by atoms with van der Waals surface area (Å²) in [5.74, 6) is 0.575. The Kier molecular flexibility index (Phi) is 13.4. The molecule has 0 saturated carbocycles. The maximum absolute atomic E-state index is 14.0. The number of alkyl carbamates (subject to hydrolysis) is 2. The number of ether oxygens (including phenoxy) is 2. The molecule has 61 heavy (non-hydrogen) atoms. The highest BCUT2D eigenvalue weighted by molar-refractivity contribution is 5.91. The Hall–Kier alpha value is -6.23. The molecule has 17 heteroatoms. The highest BCUT2D eigenvalue weighted by atomic mass is 16.5. The van der Waals surface area contributed by atoms with Gasteiger partial charge < -0.3 is 49.7 Å². The van der Waals surface area contributed by atoms with E-state index in [4.69, 9.17) is 9.47 Å². The zero-order valence-corrected chi connectivity index (χ0v) is 35.5. The third-order valence-corrected chi connectivity index (χ3v) is 12.0. The molecule has 17 nitrogen and oxygen atoms in total. The summed E-state index contributed by atoms with van der Waals surface area (Å²) in [6, 6.07) is 14.0. The van der Waals surface area contributed by atoms with E-state index >= 15 is 0 Å². The summed E-state index contributed by atoms with van der Waals surface area (Å²) in [5.41, 5.74) is 5.61. The SMILES string of the molecule is COC(=O)NC(C(=O)N1CCC[C@H]1c1ncc(-c2ccc(-c3ccc(-c4cnc([C@@H]5CCCN5C(=O)[C@H](CC(=O)N5CCN(C)CC5)NC(=O)OC)[nH]4)cc3)cc2)[nH]1)C(C)C. The molecule has 0 bridgehead atoms. The second kappa shape index (κ2) is 19.0. The lowest BCUT2D eigenvalue weighted by Gasteiger charge is -2.34. The highest BCUT2D eigenvalue weighted by Crippen LogP contribution is 2.35. The normalized spacial score (nSPS) is 19.1. The van der Waals surface area contributed by atoms with Gasteiger partial charge in [0.2, 0.25) is 17.7 Å². The van der Waals surface area contributed by atoms with Gasteiger partial charge in [0.25, 0.3) is 0 Å². The maximum Gasteiger partial charge on any atom is 0.407 e. The van der Waals surface area contributed by atoms with E-state index in [0.29, 0.717) is 44.2 Å². The second-order valence-electron chi connectivity index (χ2n) is 16.3. The molecule has 1 unspecified atom stereocenters. The molecule has 5 amide bonds. The largest absolute Gasteiger partial charge is 0.453 e. The average molecular weight is 837 g/mol. The van der Waals surface area contributed by atoms with Crippen molar-refractivity contribution in [2.24, 2.45) is 5.92 Å². The minimum Gasteiger partial charge on any atom is -0.453 e. The number of carbonyl (C=O) groups excluding carboxylic acids is 5. The van der Waals surface area contributed by atoms with Crippen molar-refractivity contribution >= 4 is 29.9 Å². The number of aromatic amines is 2.